The van der Waals surface area contributed by atoms with Crippen LogP contribution < -0.4 is 11.1 Å². The van der Waals surface area contributed by atoms with Gasteiger partial charge in [0, 0.05) is 18.3 Å². The number of methoxy groups -OCH3 is 1. The maximum Gasteiger partial charge on any atom is 0.337 e. The third-order valence-corrected chi connectivity index (χ3v) is 2.31. The van der Waals surface area contributed by atoms with E-state index in [0.717, 1.165) is 5.69 Å². The number of benzene rings is 1. The van der Waals surface area contributed by atoms with Gasteiger partial charge in [0.05, 0.1) is 19.1 Å². The van der Waals surface area contributed by atoms with Crippen LogP contribution in [-0.2, 0) is 9.53 Å². The molecule has 1 aromatic carbocycles. The van der Waals surface area contributed by atoms with Crippen LogP contribution >= 0.6 is 0 Å². The standard InChI is InChI=1S/C12H16N2O4/c1-18-12(17)8-2-4-10(5-3-8)14-7-9(13)6-11(15)16/h2-5,9,14H,6-7,13H2,1H3,(H,15,16). The SMILES string of the molecule is COC(=O)c1ccc(NCC(N)CC(=O)O)cc1. The molecule has 18 heavy (non-hydrogen) atoms. The molecule has 0 amide bonds. The summed E-state index contributed by atoms with van der Waals surface area (Å²) in [5.41, 5.74) is 6.83. The zero-order valence-electron chi connectivity index (χ0n) is 10.1. The smallest absolute Gasteiger partial charge is 0.337 e. The van der Waals surface area contributed by atoms with Crippen molar-refractivity contribution in [2.75, 3.05) is 19.0 Å². The topological polar surface area (TPSA) is 102 Å². The first kappa shape index (κ1) is 14.0. The van der Waals surface area contributed by atoms with Crippen LogP contribution in [0.4, 0.5) is 5.69 Å². The van der Waals surface area contributed by atoms with E-state index < -0.39 is 18.0 Å². The molecule has 6 heteroatoms. The molecule has 0 saturated carbocycles. The minimum Gasteiger partial charge on any atom is -0.481 e. The second-order valence-electron chi connectivity index (χ2n) is 3.81. The Morgan fingerprint density at radius 3 is 2.50 bits per heavy atom. The Bertz CT molecular complexity index is 417. The molecule has 0 aliphatic carbocycles. The molecule has 6 nitrogen and oxygen atoms in total. The van der Waals surface area contributed by atoms with Gasteiger partial charge in [-0.1, -0.05) is 0 Å². The van der Waals surface area contributed by atoms with Crippen LogP contribution in [0.5, 0.6) is 0 Å². The van der Waals surface area contributed by atoms with Gasteiger partial charge in [-0.2, -0.15) is 0 Å². The Kier molecular flexibility index (Phi) is 5.13. The highest BCUT2D eigenvalue weighted by Gasteiger charge is 2.08. The van der Waals surface area contributed by atoms with E-state index in [1.807, 2.05) is 0 Å². The van der Waals surface area contributed by atoms with E-state index in [2.05, 4.69) is 10.1 Å². The molecule has 0 aliphatic rings. The molecule has 0 aromatic heterocycles. The number of hydrogen-bond donors (Lipinski definition) is 3. The predicted molar refractivity (Wildman–Crippen MR) is 66.5 cm³/mol. The van der Waals surface area contributed by atoms with Gasteiger partial charge in [-0.3, -0.25) is 4.79 Å². The van der Waals surface area contributed by atoms with Crippen molar-refractivity contribution in [1.29, 1.82) is 0 Å². The molecule has 1 aromatic rings. The van der Waals surface area contributed by atoms with Gasteiger partial charge in [-0.25, -0.2) is 4.79 Å². The van der Waals surface area contributed by atoms with Crippen LogP contribution in [0, 0.1) is 0 Å². The third kappa shape index (κ3) is 4.42. The minimum atomic E-state index is -0.926. The lowest BCUT2D eigenvalue weighted by Gasteiger charge is -2.11. The van der Waals surface area contributed by atoms with Crippen LogP contribution in [0.2, 0.25) is 0 Å². The van der Waals surface area contributed by atoms with Gasteiger partial charge < -0.3 is 20.9 Å². The third-order valence-electron chi connectivity index (χ3n) is 2.31. The van der Waals surface area contributed by atoms with Crippen molar-refractivity contribution in [3.05, 3.63) is 29.8 Å². The number of rotatable bonds is 6. The number of anilines is 1. The molecule has 1 atom stereocenters. The Balaban J connectivity index is 2.49. The van der Waals surface area contributed by atoms with Gasteiger partial charge >= 0.3 is 11.9 Å². The lowest BCUT2D eigenvalue weighted by Crippen LogP contribution is -2.31. The first-order valence-electron chi connectivity index (χ1n) is 5.42. The number of carbonyl (C=O) groups excluding carboxylic acids is 1. The molecule has 1 unspecified atom stereocenters. The summed E-state index contributed by atoms with van der Waals surface area (Å²) in [6, 6.07) is 6.20. The van der Waals surface area contributed by atoms with E-state index in [0.29, 0.717) is 12.1 Å². The van der Waals surface area contributed by atoms with E-state index in [4.69, 9.17) is 10.8 Å². The maximum absolute atomic E-state index is 11.2. The summed E-state index contributed by atoms with van der Waals surface area (Å²) in [6.45, 7) is 0.351. The summed E-state index contributed by atoms with van der Waals surface area (Å²) in [6.07, 6.45) is -0.0900. The molecule has 0 heterocycles. The summed E-state index contributed by atoms with van der Waals surface area (Å²) in [5.74, 6) is -1.32. The summed E-state index contributed by atoms with van der Waals surface area (Å²) < 4.78 is 4.57. The van der Waals surface area contributed by atoms with E-state index in [9.17, 15) is 9.59 Å². The first-order chi connectivity index (χ1) is 8.52. The number of esters is 1. The van der Waals surface area contributed by atoms with Gasteiger partial charge in [-0.05, 0) is 24.3 Å². The van der Waals surface area contributed by atoms with Gasteiger partial charge in [0.2, 0.25) is 0 Å². The van der Waals surface area contributed by atoms with Crippen molar-refractivity contribution in [1.82, 2.24) is 0 Å². The number of aliphatic carboxylic acids is 1. The number of carboxylic acids is 1. The lowest BCUT2D eigenvalue weighted by atomic mass is 10.2. The van der Waals surface area contributed by atoms with Crippen LogP contribution in [0.15, 0.2) is 24.3 Å². The molecule has 0 fully saturated rings. The zero-order valence-corrected chi connectivity index (χ0v) is 10.1. The zero-order chi connectivity index (χ0) is 13.5. The number of nitrogens with two attached hydrogens (primary N) is 1. The Morgan fingerprint density at radius 2 is 2.00 bits per heavy atom. The summed E-state index contributed by atoms with van der Waals surface area (Å²) in [7, 11) is 1.32. The molecule has 0 bridgehead atoms. The van der Waals surface area contributed by atoms with E-state index in [-0.39, 0.29) is 6.42 Å². The highest BCUT2D eigenvalue weighted by molar-refractivity contribution is 5.89. The molecule has 0 aliphatic heterocycles. The molecular formula is C12H16N2O4. The van der Waals surface area contributed by atoms with Gasteiger partial charge in [0.25, 0.3) is 0 Å². The van der Waals surface area contributed by atoms with E-state index >= 15 is 0 Å². The van der Waals surface area contributed by atoms with Gasteiger partial charge in [-0.15, -0.1) is 0 Å². The largest absolute Gasteiger partial charge is 0.481 e. The number of carboxylic acid groups (broad SMARTS) is 1. The fourth-order valence-corrected chi connectivity index (χ4v) is 1.39. The number of hydrogen-bond acceptors (Lipinski definition) is 5. The fraction of sp³-hybridized carbons (Fsp3) is 0.333. The summed E-state index contributed by atoms with van der Waals surface area (Å²) >= 11 is 0. The Labute approximate surface area is 105 Å². The lowest BCUT2D eigenvalue weighted by molar-refractivity contribution is -0.137. The predicted octanol–water partition coefficient (Wildman–Crippen LogP) is 0.687. The molecule has 0 spiro atoms. The second kappa shape index (κ2) is 6.61. The van der Waals surface area contributed by atoms with Crippen LogP contribution in [0.25, 0.3) is 0 Å². The van der Waals surface area contributed by atoms with Crippen LogP contribution in [0.3, 0.4) is 0 Å². The minimum absolute atomic E-state index is 0.0900. The van der Waals surface area contributed by atoms with Crippen molar-refractivity contribution in [2.24, 2.45) is 5.73 Å². The number of ether oxygens (including phenoxy) is 1. The summed E-state index contributed by atoms with van der Waals surface area (Å²) in [5, 5.41) is 11.5. The maximum atomic E-state index is 11.2. The van der Waals surface area contributed by atoms with Crippen molar-refractivity contribution in [3.8, 4) is 0 Å². The molecule has 98 valence electrons. The first-order valence-corrected chi connectivity index (χ1v) is 5.42. The molecule has 4 N–H and O–H groups in total. The molecule has 1 rings (SSSR count). The van der Waals surface area contributed by atoms with Crippen LogP contribution in [0.1, 0.15) is 16.8 Å². The molecule has 0 saturated heterocycles. The fourth-order valence-electron chi connectivity index (χ4n) is 1.39. The Hall–Kier alpha value is -2.08. The quantitative estimate of drug-likeness (QED) is 0.644. The van der Waals surface area contributed by atoms with Crippen molar-refractivity contribution < 1.29 is 19.4 Å². The van der Waals surface area contributed by atoms with Gasteiger partial charge in [0.15, 0.2) is 0 Å². The van der Waals surface area contributed by atoms with Gasteiger partial charge in [0.1, 0.15) is 0 Å². The van der Waals surface area contributed by atoms with Crippen molar-refractivity contribution in [3.63, 3.8) is 0 Å². The average Bonchev–Trinajstić information content (AvgIpc) is 2.35. The highest BCUT2D eigenvalue weighted by atomic mass is 16.5. The molecular weight excluding hydrogens is 236 g/mol. The van der Waals surface area contributed by atoms with Crippen LogP contribution in [-0.4, -0.2) is 36.7 Å². The molecule has 0 radical (unpaired) electrons. The Morgan fingerprint density at radius 1 is 1.39 bits per heavy atom. The monoisotopic (exact) mass is 252 g/mol. The normalized spacial score (nSPS) is 11.7. The highest BCUT2D eigenvalue weighted by Crippen LogP contribution is 2.10. The second-order valence-corrected chi connectivity index (χ2v) is 3.81. The summed E-state index contributed by atoms with van der Waals surface area (Å²) in [4.78, 5) is 21.6. The van der Waals surface area contributed by atoms with Crippen molar-refractivity contribution in [2.45, 2.75) is 12.5 Å². The average molecular weight is 252 g/mol. The number of carbonyl (C=O) groups is 2. The van der Waals surface area contributed by atoms with E-state index in [1.165, 1.54) is 7.11 Å². The van der Waals surface area contributed by atoms with E-state index in [1.54, 1.807) is 24.3 Å². The number of nitrogens with one attached hydrogen (secondary N) is 1. The van der Waals surface area contributed by atoms with Crippen molar-refractivity contribution >= 4 is 17.6 Å².